The molecule has 0 spiro atoms. The average molecular weight is 350 g/mol. The molecule has 0 atom stereocenters. The highest BCUT2D eigenvalue weighted by molar-refractivity contribution is 5.69. The van der Waals surface area contributed by atoms with Crippen LogP contribution < -0.4 is 0 Å². The largest absolute Gasteiger partial charge is 0.392 e. The minimum atomic E-state index is -2.64. The lowest BCUT2D eigenvalue weighted by molar-refractivity contribution is 0.151. The Balaban J connectivity index is 2.56. The summed E-state index contributed by atoms with van der Waals surface area (Å²) in [6, 6.07) is 8.71. The molecule has 0 amide bonds. The molecule has 0 bridgehead atoms. The Hall–Kier alpha value is -1.81. The predicted octanol–water partition coefficient (Wildman–Crippen LogP) is 6.29. The Labute approximate surface area is 147 Å². The van der Waals surface area contributed by atoms with Gasteiger partial charge in [0.05, 0.1) is 6.61 Å². The van der Waals surface area contributed by atoms with Gasteiger partial charge in [0.2, 0.25) is 0 Å². The quantitative estimate of drug-likeness (QED) is 0.622. The zero-order valence-electron chi connectivity index (χ0n) is 15.0. The molecule has 1 N–H and O–H groups in total. The van der Waals surface area contributed by atoms with Crippen molar-refractivity contribution in [3.05, 3.63) is 58.9 Å². The van der Waals surface area contributed by atoms with Gasteiger partial charge in [0.25, 0.3) is 6.43 Å². The molecule has 0 fully saturated rings. The Morgan fingerprint density at radius 1 is 1.04 bits per heavy atom. The van der Waals surface area contributed by atoms with Gasteiger partial charge in [-0.3, -0.25) is 0 Å². The Morgan fingerprint density at radius 3 is 2.36 bits per heavy atom. The summed E-state index contributed by atoms with van der Waals surface area (Å²) in [4.78, 5) is 0. The number of aliphatic hydroxyl groups is 1. The standard InChI is InChI=1S/C21H25F3O/c1-4-9-21(2,3)12-16-10-14(13-25)5-7-17(16)18-11-15(20(23)24)6-8-19(18)22/h5-8,10-11,20,25H,4,9,12-13H2,1-3H3. The lowest BCUT2D eigenvalue weighted by atomic mass is 9.79. The third-order valence-corrected chi connectivity index (χ3v) is 4.48. The number of benzene rings is 2. The first-order valence-electron chi connectivity index (χ1n) is 8.58. The van der Waals surface area contributed by atoms with Crippen LogP contribution in [-0.4, -0.2) is 5.11 Å². The normalized spacial score (nSPS) is 12.0. The van der Waals surface area contributed by atoms with E-state index in [0.29, 0.717) is 12.0 Å². The van der Waals surface area contributed by atoms with Crippen molar-refractivity contribution in [1.29, 1.82) is 0 Å². The van der Waals surface area contributed by atoms with E-state index < -0.39 is 12.2 Å². The molecule has 0 aliphatic rings. The molecular weight excluding hydrogens is 325 g/mol. The molecule has 0 unspecified atom stereocenters. The fraction of sp³-hybridized carbons (Fsp3) is 0.429. The van der Waals surface area contributed by atoms with Crippen molar-refractivity contribution < 1.29 is 18.3 Å². The zero-order chi connectivity index (χ0) is 18.6. The molecule has 1 nitrogen and oxygen atoms in total. The van der Waals surface area contributed by atoms with Gasteiger partial charge in [0.1, 0.15) is 5.82 Å². The minimum Gasteiger partial charge on any atom is -0.392 e. The maximum Gasteiger partial charge on any atom is 0.263 e. The van der Waals surface area contributed by atoms with Crippen molar-refractivity contribution in [2.24, 2.45) is 5.41 Å². The Bertz CT molecular complexity index is 723. The fourth-order valence-corrected chi connectivity index (χ4v) is 3.32. The summed E-state index contributed by atoms with van der Waals surface area (Å²) in [7, 11) is 0. The molecule has 0 aromatic heterocycles. The molecule has 25 heavy (non-hydrogen) atoms. The first-order valence-corrected chi connectivity index (χ1v) is 8.58. The van der Waals surface area contributed by atoms with Gasteiger partial charge in [-0.25, -0.2) is 13.2 Å². The van der Waals surface area contributed by atoms with Gasteiger partial charge < -0.3 is 5.11 Å². The molecule has 0 heterocycles. The summed E-state index contributed by atoms with van der Waals surface area (Å²) in [5.41, 5.74) is 2.20. The van der Waals surface area contributed by atoms with Gasteiger partial charge in [-0.15, -0.1) is 0 Å². The topological polar surface area (TPSA) is 20.2 Å². The summed E-state index contributed by atoms with van der Waals surface area (Å²) in [5, 5.41) is 9.42. The van der Waals surface area contributed by atoms with E-state index in [0.717, 1.165) is 36.1 Å². The number of rotatable bonds is 7. The van der Waals surface area contributed by atoms with E-state index in [1.54, 1.807) is 12.1 Å². The van der Waals surface area contributed by atoms with Crippen molar-refractivity contribution in [3.8, 4) is 11.1 Å². The molecule has 0 saturated heterocycles. The van der Waals surface area contributed by atoms with Crippen molar-refractivity contribution >= 4 is 0 Å². The Morgan fingerprint density at radius 2 is 1.76 bits per heavy atom. The van der Waals surface area contributed by atoms with Crippen LogP contribution >= 0.6 is 0 Å². The van der Waals surface area contributed by atoms with E-state index in [4.69, 9.17) is 0 Å². The van der Waals surface area contributed by atoms with E-state index in [1.807, 2.05) is 6.07 Å². The fourth-order valence-electron chi connectivity index (χ4n) is 3.32. The third-order valence-electron chi connectivity index (χ3n) is 4.48. The van der Waals surface area contributed by atoms with Crippen LogP contribution in [0.2, 0.25) is 0 Å². The van der Waals surface area contributed by atoms with Crippen LogP contribution in [0.3, 0.4) is 0 Å². The monoisotopic (exact) mass is 350 g/mol. The van der Waals surface area contributed by atoms with Gasteiger partial charge in [0.15, 0.2) is 0 Å². The number of alkyl halides is 2. The SMILES string of the molecule is CCCC(C)(C)Cc1cc(CO)ccc1-c1cc(C(F)F)ccc1F. The van der Waals surface area contributed by atoms with Crippen LogP contribution in [0.25, 0.3) is 11.1 Å². The second-order valence-corrected chi connectivity index (χ2v) is 7.28. The number of hydrogen-bond acceptors (Lipinski definition) is 1. The van der Waals surface area contributed by atoms with Crippen molar-refractivity contribution in [2.75, 3.05) is 0 Å². The van der Waals surface area contributed by atoms with E-state index in [1.165, 1.54) is 6.07 Å². The molecule has 0 aliphatic heterocycles. The van der Waals surface area contributed by atoms with Gasteiger partial charge in [0, 0.05) is 11.1 Å². The molecule has 4 heteroatoms. The van der Waals surface area contributed by atoms with Crippen molar-refractivity contribution in [2.45, 2.75) is 53.1 Å². The molecule has 2 rings (SSSR count). The van der Waals surface area contributed by atoms with Crippen molar-refractivity contribution in [1.82, 2.24) is 0 Å². The van der Waals surface area contributed by atoms with Crippen LogP contribution in [0.1, 0.15) is 56.7 Å². The van der Waals surface area contributed by atoms with E-state index in [-0.39, 0.29) is 23.1 Å². The number of halogens is 3. The highest BCUT2D eigenvalue weighted by Crippen LogP contribution is 2.35. The first-order chi connectivity index (χ1) is 11.8. The Kier molecular flexibility index (Phi) is 6.28. The van der Waals surface area contributed by atoms with Gasteiger partial charge in [-0.05, 0) is 47.1 Å². The third kappa shape index (κ3) is 4.85. The number of hydrogen-bond donors (Lipinski definition) is 1. The molecule has 0 radical (unpaired) electrons. The maximum absolute atomic E-state index is 14.4. The predicted molar refractivity (Wildman–Crippen MR) is 95.1 cm³/mol. The maximum atomic E-state index is 14.4. The summed E-state index contributed by atoms with van der Waals surface area (Å²) < 4.78 is 40.4. The van der Waals surface area contributed by atoms with Crippen LogP contribution in [0.15, 0.2) is 36.4 Å². The molecular formula is C21H25F3O. The van der Waals surface area contributed by atoms with Gasteiger partial charge in [-0.2, -0.15) is 0 Å². The van der Waals surface area contributed by atoms with Gasteiger partial charge in [-0.1, -0.05) is 51.5 Å². The summed E-state index contributed by atoms with van der Waals surface area (Å²) >= 11 is 0. The smallest absolute Gasteiger partial charge is 0.263 e. The van der Waals surface area contributed by atoms with Crippen LogP contribution in [0.4, 0.5) is 13.2 Å². The minimum absolute atomic E-state index is 0.00558. The van der Waals surface area contributed by atoms with Crippen LogP contribution in [-0.2, 0) is 13.0 Å². The second kappa shape index (κ2) is 8.05. The van der Waals surface area contributed by atoms with E-state index in [9.17, 15) is 18.3 Å². The highest BCUT2D eigenvalue weighted by Gasteiger charge is 2.21. The van der Waals surface area contributed by atoms with Gasteiger partial charge >= 0.3 is 0 Å². The lowest BCUT2D eigenvalue weighted by Gasteiger charge is -2.26. The molecule has 136 valence electrons. The summed E-state index contributed by atoms with van der Waals surface area (Å²) in [6.07, 6.45) is 0.0608. The first kappa shape index (κ1) is 19.5. The second-order valence-electron chi connectivity index (χ2n) is 7.28. The summed E-state index contributed by atoms with van der Waals surface area (Å²) in [6.45, 7) is 6.27. The highest BCUT2D eigenvalue weighted by atomic mass is 19.3. The molecule has 0 saturated carbocycles. The zero-order valence-corrected chi connectivity index (χ0v) is 15.0. The number of aliphatic hydroxyl groups excluding tert-OH is 1. The average Bonchev–Trinajstić information content (AvgIpc) is 2.54. The van der Waals surface area contributed by atoms with Crippen LogP contribution in [0, 0.1) is 11.2 Å². The van der Waals surface area contributed by atoms with Crippen molar-refractivity contribution in [3.63, 3.8) is 0 Å². The van der Waals surface area contributed by atoms with E-state index >= 15 is 0 Å². The van der Waals surface area contributed by atoms with Crippen LogP contribution in [0.5, 0.6) is 0 Å². The molecule has 2 aromatic carbocycles. The summed E-state index contributed by atoms with van der Waals surface area (Å²) in [5.74, 6) is -0.518. The van der Waals surface area contributed by atoms with E-state index in [2.05, 4.69) is 20.8 Å². The lowest BCUT2D eigenvalue weighted by Crippen LogP contribution is -2.15. The molecule has 0 aliphatic carbocycles. The molecule has 2 aromatic rings.